The first-order valence-corrected chi connectivity index (χ1v) is 6.67. The van der Waals surface area contributed by atoms with Crippen molar-refractivity contribution in [1.29, 1.82) is 0 Å². The maximum absolute atomic E-state index is 11.5. The maximum atomic E-state index is 11.5. The predicted octanol–water partition coefficient (Wildman–Crippen LogP) is 3.49. The molecule has 18 heavy (non-hydrogen) atoms. The molecule has 0 saturated heterocycles. The highest BCUT2D eigenvalue weighted by Gasteiger charge is 2.21. The number of carbonyl (C=O) groups is 1. The second-order valence-electron chi connectivity index (χ2n) is 5.27. The first-order chi connectivity index (χ1) is 8.61. The fourth-order valence-electron chi connectivity index (χ4n) is 2.56. The summed E-state index contributed by atoms with van der Waals surface area (Å²) in [7, 11) is 0. The van der Waals surface area contributed by atoms with Gasteiger partial charge in [0.15, 0.2) is 0 Å². The zero-order valence-electron chi connectivity index (χ0n) is 11.2. The monoisotopic (exact) mass is 243 g/mol. The van der Waals surface area contributed by atoms with Crippen LogP contribution in [0.25, 0.3) is 0 Å². The number of hydrogen-bond donors (Lipinski definition) is 1. The van der Waals surface area contributed by atoms with Crippen molar-refractivity contribution in [3.05, 3.63) is 47.5 Å². The van der Waals surface area contributed by atoms with Gasteiger partial charge < -0.3 is 5.32 Å². The van der Waals surface area contributed by atoms with Crippen LogP contribution in [-0.2, 0) is 11.2 Å². The molecule has 1 aromatic carbocycles. The van der Waals surface area contributed by atoms with Gasteiger partial charge in [0.2, 0.25) is 5.91 Å². The highest BCUT2D eigenvalue weighted by atomic mass is 16.1. The van der Waals surface area contributed by atoms with Crippen LogP contribution in [0.3, 0.4) is 0 Å². The number of amides is 1. The molecule has 0 aliphatic heterocycles. The Kier molecular flexibility index (Phi) is 3.85. The van der Waals surface area contributed by atoms with Crippen LogP contribution in [0.5, 0.6) is 0 Å². The summed E-state index contributed by atoms with van der Waals surface area (Å²) in [5.41, 5.74) is 4.01. The SMILES string of the molecule is C=CC(=O)N[C@@H]1CCCc2ccc(C(C)C)cc21. The van der Waals surface area contributed by atoms with E-state index in [1.54, 1.807) is 0 Å². The quantitative estimate of drug-likeness (QED) is 0.809. The van der Waals surface area contributed by atoms with Crippen LogP contribution in [0, 0.1) is 0 Å². The van der Waals surface area contributed by atoms with E-state index in [0.717, 1.165) is 19.3 Å². The van der Waals surface area contributed by atoms with Gasteiger partial charge in [-0.2, -0.15) is 0 Å². The lowest BCUT2D eigenvalue weighted by molar-refractivity contribution is -0.117. The van der Waals surface area contributed by atoms with E-state index in [0.29, 0.717) is 5.92 Å². The molecule has 1 amide bonds. The van der Waals surface area contributed by atoms with Gasteiger partial charge in [-0.15, -0.1) is 0 Å². The second kappa shape index (κ2) is 5.38. The van der Waals surface area contributed by atoms with Gasteiger partial charge in [0.25, 0.3) is 0 Å². The topological polar surface area (TPSA) is 29.1 Å². The number of nitrogens with one attached hydrogen (secondary N) is 1. The highest BCUT2D eigenvalue weighted by molar-refractivity contribution is 5.87. The average molecular weight is 243 g/mol. The number of carbonyl (C=O) groups excluding carboxylic acids is 1. The third kappa shape index (κ3) is 2.63. The standard InChI is InChI=1S/C16H21NO/c1-4-16(18)17-15-7-5-6-12-8-9-13(11(2)3)10-14(12)15/h4,8-11,15H,1,5-7H2,2-3H3,(H,17,18)/t15-/m1/s1. The van der Waals surface area contributed by atoms with E-state index in [2.05, 4.69) is 43.9 Å². The number of benzene rings is 1. The van der Waals surface area contributed by atoms with Crippen LogP contribution < -0.4 is 5.32 Å². The number of fused-ring (bicyclic) bond motifs is 1. The minimum atomic E-state index is -0.0807. The summed E-state index contributed by atoms with van der Waals surface area (Å²) in [4.78, 5) is 11.5. The van der Waals surface area contributed by atoms with Gasteiger partial charge in [0.1, 0.15) is 0 Å². The minimum Gasteiger partial charge on any atom is -0.346 e. The number of rotatable bonds is 3. The van der Waals surface area contributed by atoms with E-state index in [9.17, 15) is 4.79 Å². The van der Waals surface area contributed by atoms with Crippen LogP contribution in [-0.4, -0.2) is 5.91 Å². The van der Waals surface area contributed by atoms with Gasteiger partial charge in [-0.25, -0.2) is 0 Å². The Labute approximate surface area is 109 Å². The van der Waals surface area contributed by atoms with Gasteiger partial charge in [0, 0.05) is 0 Å². The molecule has 1 N–H and O–H groups in total. The highest BCUT2D eigenvalue weighted by Crippen LogP contribution is 2.32. The van der Waals surface area contributed by atoms with Crippen LogP contribution in [0.4, 0.5) is 0 Å². The van der Waals surface area contributed by atoms with Crippen molar-refractivity contribution in [1.82, 2.24) is 5.32 Å². The fourth-order valence-corrected chi connectivity index (χ4v) is 2.56. The Morgan fingerprint density at radius 3 is 2.94 bits per heavy atom. The van der Waals surface area contributed by atoms with Crippen LogP contribution in [0.2, 0.25) is 0 Å². The molecule has 0 bridgehead atoms. The molecule has 0 unspecified atom stereocenters. The second-order valence-corrected chi connectivity index (χ2v) is 5.27. The van der Waals surface area contributed by atoms with Crippen molar-refractivity contribution in [2.24, 2.45) is 0 Å². The molecule has 1 aromatic rings. The summed E-state index contributed by atoms with van der Waals surface area (Å²) in [5, 5.41) is 3.03. The molecule has 2 nitrogen and oxygen atoms in total. The molecule has 0 fully saturated rings. The Morgan fingerprint density at radius 2 is 2.28 bits per heavy atom. The molecule has 0 heterocycles. The lowest BCUT2D eigenvalue weighted by Gasteiger charge is -2.27. The summed E-state index contributed by atoms with van der Waals surface area (Å²) in [6.45, 7) is 7.91. The summed E-state index contributed by atoms with van der Waals surface area (Å²) in [6, 6.07) is 6.84. The van der Waals surface area contributed by atoms with Crippen LogP contribution >= 0.6 is 0 Å². The molecule has 0 spiro atoms. The van der Waals surface area contributed by atoms with Gasteiger partial charge in [-0.1, -0.05) is 38.6 Å². The van der Waals surface area contributed by atoms with Gasteiger partial charge in [-0.3, -0.25) is 4.79 Å². The first kappa shape index (κ1) is 12.9. The van der Waals surface area contributed by atoms with E-state index in [1.165, 1.54) is 22.8 Å². The van der Waals surface area contributed by atoms with Gasteiger partial charge in [-0.05, 0) is 47.9 Å². The molecule has 1 atom stereocenters. The summed E-state index contributed by atoms with van der Waals surface area (Å²) < 4.78 is 0. The van der Waals surface area contributed by atoms with E-state index in [-0.39, 0.29) is 11.9 Å². The summed E-state index contributed by atoms with van der Waals surface area (Å²) in [5.74, 6) is 0.441. The van der Waals surface area contributed by atoms with Gasteiger partial charge >= 0.3 is 0 Å². The zero-order valence-corrected chi connectivity index (χ0v) is 11.2. The average Bonchev–Trinajstić information content (AvgIpc) is 2.38. The normalized spacial score (nSPS) is 18.3. The molecular weight excluding hydrogens is 222 g/mol. The predicted molar refractivity (Wildman–Crippen MR) is 74.5 cm³/mol. The lowest BCUT2D eigenvalue weighted by atomic mass is 9.85. The minimum absolute atomic E-state index is 0.0807. The zero-order chi connectivity index (χ0) is 13.1. The molecule has 1 aliphatic carbocycles. The molecule has 0 saturated carbocycles. The van der Waals surface area contributed by atoms with Crippen molar-refractivity contribution < 1.29 is 4.79 Å². The molecule has 1 aliphatic rings. The Balaban J connectivity index is 2.31. The maximum Gasteiger partial charge on any atom is 0.243 e. The molecule has 96 valence electrons. The Hall–Kier alpha value is -1.57. The van der Waals surface area contributed by atoms with Crippen molar-refractivity contribution in [3.8, 4) is 0 Å². The molecule has 2 rings (SSSR count). The number of hydrogen-bond acceptors (Lipinski definition) is 1. The third-order valence-corrected chi connectivity index (χ3v) is 3.65. The number of aryl methyl sites for hydroxylation is 1. The Morgan fingerprint density at radius 1 is 1.50 bits per heavy atom. The molecule has 0 radical (unpaired) electrons. The molecule has 0 aromatic heterocycles. The van der Waals surface area contributed by atoms with Gasteiger partial charge in [0.05, 0.1) is 6.04 Å². The van der Waals surface area contributed by atoms with Crippen molar-refractivity contribution >= 4 is 5.91 Å². The van der Waals surface area contributed by atoms with Crippen LogP contribution in [0.15, 0.2) is 30.9 Å². The summed E-state index contributed by atoms with van der Waals surface area (Å²) in [6.07, 6.45) is 4.62. The van der Waals surface area contributed by atoms with Crippen molar-refractivity contribution in [3.63, 3.8) is 0 Å². The van der Waals surface area contributed by atoms with Crippen molar-refractivity contribution in [2.75, 3.05) is 0 Å². The summed E-state index contributed by atoms with van der Waals surface area (Å²) >= 11 is 0. The lowest BCUT2D eigenvalue weighted by Crippen LogP contribution is -2.29. The van der Waals surface area contributed by atoms with Crippen LogP contribution in [0.1, 0.15) is 55.3 Å². The Bertz CT molecular complexity index is 462. The first-order valence-electron chi connectivity index (χ1n) is 6.67. The smallest absolute Gasteiger partial charge is 0.243 e. The van der Waals surface area contributed by atoms with Crippen molar-refractivity contribution in [2.45, 2.75) is 45.1 Å². The van der Waals surface area contributed by atoms with E-state index in [4.69, 9.17) is 0 Å². The largest absolute Gasteiger partial charge is 0.346 e. The van der Waals surface area contributed by atoms with E-state index in [1.807, 2.05) is 0 Å². The third-order valence-electron chi connectivity index (χ3n) is 3.65. The van der Waals surface area contributed by atoms with E-state index >= 15 is 0 Å². The molecular formula is C16H21NO. The van der Waals surface area contributed by atoms with E-state index < -0.39 is 0 Å². The fraction of sp³-hybridized carbons (Fsp3) is 0.438. The molecule has 2 heteroatoms.